The molecule has 15 heteroatoms. The highest BCUT2D eigenvalue weighted by atomic mass is 19.1. The van der Waals surface area contributed by atoms with E-state index in [1.165, 1.54) is 23.5 Å². The van der Waals surface area contributed by atoms with E-state index in [1.807, 2.05) is 4.90 Å². The van der Waals surface area contributed by atoms with Gasteiger partial charge in [-0.3, -0.25) is 29.5 Å². The summed E-state index contributed by atoms with van der Waals surface area (Å²) in [5, 5.41) is 67.0. The van der Waals surface area contributed by atoms with E-state index in [4.69, 9.17) is 4.74 Å². The van der Waals surface area contributed by atoms with Gasteiger partial charge in [0.2, 0.25) is 0 Å². The average Bonchev–Trinajstić information content (AvgIpc) is 3.10. The van der Waals surface area contributed by atoms with Crippen LogP contribution in [0.1, 0.15) is 27.0 Å². The van der Waals surface area contributed by atoms with E-state index in [-0.39, 0.29) is 22.7 Å². The Morgan fingerprint density at radius 2 is 1.62 bits per heavy atom. The van der Waals surface area contributed by atoms with Gasteiger partial charge in [-0.15, -0.1) is 0 Å². The maximum absolute atomic E-state index is 15.3. The molecule has 3 amide bonds. The number of hydrogen-bond acceptors (Lipinski definition) is 12. The van der Waals surface area contributed by atoms with E-state index in [1.54, 1.807) is 12.1 Å². The molecule has 5 rings (SSSR count). The van der Waals surface area contributed by atoms with Gasteiger partial charge in [0.1, 0.15) is 5.82 Å². The molecule has 0 saturated carbocycles. The van der Waals surface area contributed by atoms with Gasteiger partial charge in [-0.25, -0.2) is 4.39 Å². The van der Waals surface area contributed by atoms with E-state index in [0.29, 0.717) is 38.4 Å². The van der Waals surface area contributed by atoms with Gasteiger partial charge in [-0.05, 0) is 12.1 Å². The maximum Gasteiger partial charge on any atom is 0.303 e. The number of ether oxygens (including phenoxy) is 1. The molecule has 0 aromatic heterocycles. The van der Waals surface area contributed by atoms with Crippen LogP contribution in [0, 0.1) is 5.82 Å². The zero-order chi connectivity index (χ0) is 29.0. The van der Waals surface area contributed by atoms with Crippen LogP contribution in [-0.4, -0.2) is 102 Å². The van der Waals surface area contributed by atoms with Gasteiger partial charge in [0.05, 0.1) is 24.3 Å². The summed E-state index contributed by atoms with van der Waals surface area (Å²) in [5.74, 6) is -16.8. The van der Waals surface area contributed by atoms with Crippen molar-refractivity contribution >= 4 is 23.4 Å². The van der Waals surface area contributed by atoms with Crippen molar-refractivity contribution in [2.75, 3.05) is 31.6 Å². The summed E-state index contributed by atoms with van der Waals surface area (Å²) in [7, 11) is 0. The molecule has 0 aliphatic carbocycles. The number of halogens is 1. The fourth-order valence-corrected chi connectivity index (χ4v) is 5.12. The summed E-state index contributed by atoms with van der Waals surface area (Å²) in [6, 6.07) is 5.93. The molecule has 1 unspecified atom stereocenters. The number of nitrogens with one attached hydrogen (secondary N) is 2. The molecule has 1 atom stereocenters. The zero-order valence-corrected chi connectivity index (χ0v) is 20.9. The number of nitrogens with zero attached hydrogens (tertiary/aromatic N) is 2. The lowest BCUT2D eigenvalue weighted by atomic mass is 9.90. The predicted octanol–water partition coefficient (Wildman–Crippen LogP) is -2.79. The van der Waals surface area contributed by atoms with E-state index in [0.717, 1.165) is 6.07 Å². The Balaban J connectivity index is 1.43. The van der Waals surface area contributed by atoms with Crippen molar-refractivity contribution in [1.29, 1.82) is 0 Å². The highest BCUT2D eigenvalue weighted by molar-refractivity contribution is 6.09. The Hall–Kier alpha value is -3.54. The second-order valence-corrected chi connectivity index (χ2v) is 9.79. The number of aliphatic hydroxyl groups is 6. The third-order valence-electron chi connectivity index (χ3n) is 7.26. The lowest BCUT2D eigenvalue weighted by Crippen LogP contribution is -2.80. The molecule has 0 spiro atoms. The minimum absolute atomic E-state index is 0.0793. The number of carbonyl (C=O) groups is 3. The third-order valence-corrected chi connectivity index (χ3v) is 7.26. The summed E-state index contributed by atoms with van der Waals surface area (Å²) in [4.78, 5) is 39.5. The van der Waals surface area contributed by atoms with Crippen LogP contribution in [0.3, 0.4) is 0 Å². The molecule has 214 valence electrons. The minimum Gasteiger partial charge on any atom is -0.380 e. The van der Waals surface area contributed by atoms with Crippen molar-refractivity contribution in [1.82, 2.24) is 15.1 Å². The molecule has 3 aliphatic heterocycles. The summed E-state index contributed by atoms with van der Waals surface area (Å²) in [6.07, 6.45) is 0. The largest absolute Gasteiger partial charge is 0.380 e. The van der Waals surface area contributed by atoms with Crippen LogP contribution in [0.5, 0.6) is 0 Å². The quantitative estimate of drug-likeness (QED) is 0.133. The monoisotopic (exact) mass is 562 g/mol. The Labute approximate surface area is 225 Å². The first-order chi connectivity index (χ1) is 18.8. The van der Waals surface area contributed by atoms with Crippen molar-refractivity contribution in [2.24, 2.45) is 0 Å². The Morgan fingerprint density at radius 3 is 2.33 bits per heavy atom. The lowest BCUT2D eigenvalue weighted by molar-refractivity contribution is -0.373. The van der Waals surface area contributed by atoms with Crippen LogP contribution in [0.4, 0.5) is 10.1 Å². The molecule has 40 heavy (non-hydrogen) atoms. The molecule has 3 heterocycles. The zero-order valence-electron chi connectivity index (χ0n) is 20.9. The Bertz CT molecular complexity index is 1380. The molecule has 2 fully saturated rings. The van der Waals surface area contributed by atoms with Crippen molar-refractivity contribution in [3.63, 3.8) is 0 Å². The number of fused-ring (bicyclic) bond motifs is 1. The van der Waals surface area contributed by atoms with Gasteiger partial charge in [0.15, 0.2) is 6.04 Å². The summed E-state index contributed by atoms with van der Waals surface area (Å²) >= 11 is 0. The first-order valence-electron chi connectivity index (χ1n) is 12.3. The van der Waals surface area contributed by atoms with Crippen molar-refractivity contribution in [3.05, 3.63) is 64.5 Å². The molecular formula is C25H27FN4O10. The van der Waals surface area contributed by atoms with Gasteiger partial charge in [0, 0.05) is 43.0 Å². The molecule has 2 aromatic rings. The first kappa shape index (κ1) is 28.0. The number of benzene rings is 2. The average molecular weight is 563 g/mol. The fraction of sp³-hybridized carbons (Fsp3) is 0.400. The van der Waals surface area contributed by atoms with Crippen LogP contribution in [0.2, 0.25) is 0 Å². The van der Waals surface area contributed by atoms with Crippen LogP contribution >= 0.6 is 0 Å². The number of piperidine rings is 1. The number of hydrogen-bond donors (Lipinski definition) is 8. The van der Waals surface area contributed by atoms with E-state index >= 15 is 4.39 Å². The van der Waals surface area contributed by atoms with Crippen molar-refractivity contribution in [3.8, 4) is 0 Å². The Kier molecular flexibility index (Phi) is 6.88. The molecule has 2 aromatic carbocycles. The molecule has 2 saturated heterocycles. The van der Waals surface area contributed by atoms with Crippen LogP contribution < -0.4 is 10.6 Å². The van der Waals surface area contributed by atoms with E-state index in [9.17, 15) is 45.0 Å². The smallest absolute Gasteiger partial charge is 0.303 e. The van der Waals surface area contributed by atoms with Gasteiger partial charge >= 0.3 is 5.79 Å². The summed E-state index contributed by atoms with van der Waals surface area (Å²) < 4.78 is 20.6. The highest BCUT2D eigenvalue weighted by Crippen LogP contribution is 2.44. The van der Waals surface area contributed by atoms with Gasteiger partial charge < -0.3 is 40.7 Å². The topological polar surface area (TPSA) is 212 Å². The maximum atomic E-state index is 15.3. The molecule has 0 bridgehead atoms. The third kappa shape index (κ3) is 4.32. The SMILES string of the molecule is O=C1NC(=O)C(O)(O)C(O)(O)C1N1C(=O)c2cccc(NCc3cccc(CN4CCOCC4)c3F)c2C1(O)O. The van der Waals surface area contributed by atoms with Crippen LogP contribution in [0.15, 0.2) is 36.4 Å². The minimum atomic E-state index is -4.04. The first-order valence-corrected chi connectivity index (χ1v) is 12.3. The highest BCUT2D eigenvalue weighted by Gasteiger charge is 2.70. The molecule has 14 nitrogen and oxygen atoms in total. The second kappa shape index (κ2) is 9.83. The molecule has 3 aliphatic rings. The molecular weight excluding hydrogens is 535 g/mol. The number of rotatable bonds is 6. The van der Waals surface area contributed by atoms with Crippen LogP contribution in [-0.2, 0) is 33.3 Å². The normalized spacial score (nSPS) is 23.6. The number of imide groups is 1. The van der Waals surface area contributed by atoms with Gasteiger partial charge in [0.25, 0.3) is 29.4 Å². The van der Waals surface area contributed by atoms with Crippen molar-refractivity contribution < 1.29 is 54.2 Å². The lowest BCUT2D eigenvalue weighted by Gasteiger charge is -2.47. The van der Waals surface area contributed by atoms with Gasteiger partial charge in [-0.1, -0.05) is 24.3 Å². The number of morpholine rings is 1. The van der Waals surface area contributed by atoms with E-state index < -0.39 is 58.2 Å². The van der Waals surface area contributed by atoms with Gasteiger partial charge in [-0.2, -0.15) is 0 Å². The Morgan fingerprint density at radius 1 is 0.975 bits per heavy atom. The standard InChI is InChI=1S/C25H27FN4O10/c26-18-13(3-1-4-14(18)12-29-7-9-40-10-8-29)11-27-16-6-2-5-15-17(16)25(38,39)30(21(15)32)19-20(31)28-22(33)24(36,37)23(19,34)35/h1-6,19,27,34-39H,7-12H2,(H,28,31,33). The summed E-state index contributed by atoms with van der Waals surface area (Å²) in [5.41, 5.74) is -0.322. The second-order valence-electron chi connectivity index (χ2n) is 9.79. The molecule has 0 radical (unpaired) electrons. The molecule has 8 N–H and O–H groups in total. The fourth-order valence-electron chi connectivity index (χ4n) is 5.12. The summed E-state index contributed by atoms with van der Waals surface area (Å²) in [6.45, 7) is 2.60. The predicted molar refractivity (Wildman–Crippen MR) is 130 cm³/mol. The number of carbonyl (C=O) groups excluding carboxylic acids is 3. The van der Waals surface area contributed by atoms with Crippen molar-refractivity contribution in [2.45, 2.75) is 36.6 Å². The van der Waals surface area contributed by atoms with E-state index in [2.05, 4.69) is 5.32 Å². The van der Waals surface area contributed by atoms with Crippen LogP contribution in [0.25, 0.3) is 0 Å². The number of anilines is 1. The number of amides is 3.